The summed E-state index contributed by atoms with van der Waals surface area (Å²) in [7, 11) is 1.76. The number of hydrogen-bond donors (Lipinski definition) is 1. The van der Waals surface area contributed by atoms with Crippen LogP contribution in [0.3, 0.4) is 0 Å². The molecule has 3 rings (SSSR count). The molecule has 0 amide bonds. The van der Waals surface area contributed by atoms with E-state index < -0.39 is 0 Å². The standard InChI is InChI=1S/C16H24N2O/c1-19-9-8-18-13-16(14-4-2-7-17-10-14)11-15(12-16)5-3-6-15/h2,4,7,10,18H,3,5-6,8-9,11-13H2,1H3. The van der Waals surface area contributed by atoms with Crippen molar-refractivity contribution in [3.8, 4) is 0 Å². The Morgan fingerprint density at radius 1 is 1.37 bits per heavy atom. The number of hydrogen-bond acceptors (Lipinski definition) is 3. The summed E-state index contributed by atoms with van der Waals surface area (Å²) in [6.07, 6.45) is 10.9. The molecule has 3 heteroatoms. The molecule has 2 aliphatic rings. The fraction of sp³-hybridized carbons (Fsp3) is 0.688. The minimum Gasteiger partial charge on any atom is -0.383 e. The highest BCUT2D eigenvalue weighted by Gasteiger charge is 2.57. The third-order valence-electron chi connectivity index (χ3n) is 5.06. The van der Waals surface area contributed by atoms with Gasteiger partial charge in [0.25, 0.3) is 0 Å². The van der Waals surface area contributed by atoms with Crippen molar-refractivity contribution in [3.63, 3.8) is 0 Å². The average Bonchev–Trinajstić information content (AvgIpc) is 2.36. The van der Waals surface area contributed by atoms with E-state index in [1.54, 1.807) is 7.11 Å². The van der Waals surface area contributed by atoms with Crippen molar-refractivity contribution >= 4 is 0 Å². The Kier molecular flexibility index (Phi) is 3.59. The van der Waals surface area contributed by atoms with Crippen molar-refractivity contribution in [2.75, 3.05) is 26.8 Å². The first-order valence-electron chi connectivity index (χ1n) is 7.39. The van der Waals surface area contributed by atoms with Crippen LogP contribution in [0.25, 0.3) is 0 Å². The maximum Gasteiger partial charge on any atom is 0.0587 e. The van der Waals surface area contributed by atoms with Crippen LogP contribution >= 0.6 is 0 Å². The highest BCUT2D eigenvalue weighted by molar-refractivity contribution is 5.30. The predicted molar refractivity (Wildman–Crippen MR) is 76.2 cm³/mol. The van der Waals surface area contributed by atoms with Gasteiger partial charge in [-0.25, -0.2) is 0 Å². The quantitative estimate of drug-likeness (QED) is 0.798. The molecule has 1 spiro atoms. The molecule has 2 fully saturated rings. The minimum atomic E-state index is 0.322. The van der Waals surface area contributed by atoms with Crippen LogP contribution in [0, 0.1) is 5.41 Å². The Morgan fingerprint density at radius 2 is 2.21 bits per heavy atom. The number of rotatable bonds is 6. The van der Waals surface area contributed by atoms with Crippen molar-refractivity contribution < 1.29 is 4.74 Å². The first-order chi connectivity index (χ1) is 9.29. The second-order valence-corrected chi connectivity index (χ2v) is 6.40. The third-order valence-corrected chi connectivity index (χ3v) is 5.06. The molecule has 0 atom stereocenters. The van der Waals surface area contributed by atoms with Gasteiger partial charge in [-0.2, -0.15) is 0 Å². The van der Waals surface area contributed by atoms with Gasteiger partial charge in [-0.3, -0.25) is 4.98 Å². The van der Waals surface area contributed by atoms with Gasteiger partial charge in [0.1, 0.15) is 0 Å². The Morgan fingerprint density at radius 3 is 2.79 bits per heavy atom. The topological polar surface area (TPSA) is 34.1 Å². The van der Waals surface area contributed by atoms with Crippen molar-refractivity contribution in [2.24, 2.45) is 5.41 Å². The molecule has 19 heavy (non-hydrogen) atoms. The Balaban J connectivity index is 1.67. The lowest BCUT2D eigenvalue weighted by atomic mass is 9.44. The van der Waals surface area contributed by atoms with Crippen molar-refractivity contribution in [1.29, 1.82) is 0 Å². The van der Waals surface area contributed by atoms with E-state index >= 15 is 0 Å². The monoisotopic (exact) mass is 260 g/mol. The van der Waals surface area contributed by atoms with Gasteiger partial charge >= 0.3 is 0 Å². The van der Waals surface area contributed by atoms with E-state index in [1.165, 1.54) is 37.7 Å². The van der Waals surface area contributed by atoms with Gasteiger partial charge in [0.2, 0.25) is 0 Å². The SMILES string of the molecule is COCCNCC1(c2cccnc2)CC2(CCC2)C1. The fourth-order valence-corrected chi connectivity index (χ4v) is 4.02. The van der Waals surface area contributed by atoms with Gasteiger partial charge < -0.3 is 10.1 Å². The summed E-state index contributed by atoms with van der Waals surface area (Å²) in [4.78, 5) is 4.32. The molecule has 0 bridgehead atoms. The first kappa shape index (κ1) is 13.1. The molecular formula is C16H24N2O. The van der Waals surface area contributed by atoms with Crippen LogP contribution in [-0.4, -0.2) is 31.8 Å². The summed E-state index contributed by atoms with van der Waals surface area (Å²) in [5, 5.41) is 3.56. The average molecular weight is 260 g/mol. The van der Waals surface area contributed by atoms with Crippen molar-refractivity contribution in [1.82, 2.24) is 10.3 Å². The lowest BCUT2D eigenvalue weighted by molar-refractivity contribution is -0.0487. The van der Waals surface area contributed by atoms with Crippen molar-refractivity contribution in [3.05, 3.63) is 30.1 Å². The van der Waals surface area contributed by atoms with Crippen LogP contribution in [-0.2, 0) is 10.2 Å². The zero-order valence-corrected chi connectivity index (χ0v) is 11.8. The van der Waals surface area contributed by atoms with E-state index in [0.717, 1.165) is 19.7 Å². The Bertz CT molecular complexity index is 406. The second-order valence-electron chi connectivity index (χ2n) is 6.40. The summed E-state index contributed by atoms with van der Waals surface area (Å²) in [6.45, 7) is 2.78. The highest BCUT2D eigenvalue weighted by Crippen LogP contribution is 2.64. The molecule has 2 saturated carbocycles. The van der Waals surface area contributed by atoms with E-state index in [9.17, 15) is 0 Å². The second kappa shape index (κ2) is 5.22. The summed E-state index contributed by atoms with van der Waals surface area (Å²) in [5.74, 6) is 0. The number of aromatic nitrogens is 1. The van der Waals surface area contributed by atoms with Crippen LogP contribution in [0.2, 0.25) is 0 Å². The highest BCUT2D eigenvalue weighted by atomic mass is 16.5. The Hall–Kier alpha value is -0.930. The largest absolute Gasteiger partial charge is 0.383 e. The van der Waals surface area contributed by atoms with Gasteiger partial charge in [0, 0.05) is 38.0 Å². The van der Waals surface area contributed by atoms with Crippen LogP contribution < -0.4 is 5.32 Å². The number of nitrogens with zero attached hydrogens (tertiary/aromatic N) is 1. The number of methoxy groups -OCH3 is 1. The molecule has 104 valence electrons. The summed E-state index contributed by atoms with van der Waals surface area (Å²) >= 11 is 0. The molecule has 0 unspecified atom stereocenters. The molecule has 0 saturated heterocycles. The third kappa shape index (κ3) is 2.41. The van der Waals surface area contributed by atoms with Gasteiger partial charge in [-0.05, 0) is 42.7 Å². The summed E-state index contributed by atoms with van der Waals surface area (Å²) in [5.41, 5.74) is 2.42. The van der Waals surface area contributed by atoms with Gasteiger partial charge in [0.15, 0.2) is 0 Å². The number of pyridine rings is 1. The number of nitrogens with one attached hydrogen (secondary N) is 1. The molecule has 1 aromatic rings. The van der Waals surface area contributed by atoms with E-state index in [0.29, 0.717) is 10.8 Å². The smallest absolute Gasteiger partial charge is 0.0587 e. The van der Waals surface area contributed by atoms with E-state index in [-0.39, 0.29) is 0 Å². The lowest BCUT2D eigenvalue weighted by Gasteiger charge is -2.61. The van der Waals surface area contributed by atoms with Crippen LogP contribution in [0.4, 0.5) is 0 Å². The van der Waals surface area contributed by atoms with Crippen LogP contribution in [0.5, 0.6) is 0 Å². The normalized spacial score (nSPS) is 22.8. The maximum atomic E-state index is 5.11. The molecule has 2 aliphatic carbocycles. The zero-order valence-electron chi connectivity index (χ0n) is 11.8. The zero-order chi connectivity index (χ0) is 13.2. The van der Waals surface area contributed by atoms with Gasteiger partial charge in [0.05, 0.1) is 6.61 Å². The van der Waals surface area contributed by atoms with E-state index in [4.69, 9.17) is 4.74 Å². The summed E-state index contributed by atoms with van der Waals surface area (Å²) in [6, 6.07) is 4.31. The molecule has 0 aliphatic heterocycles. The number of ether oxygens (including phenoxy) is 1. The van der Waals surface area contributed by atoms with E-state index in [1.807, 2.05) is 6.20 Å². The minimum absolute atomic E-state index is 0.322. The first-order valence-corrected chi connectivity index (χ1v) is 7.39. The predicted octanol–water partition coefficient (Wildman–Crippen LogP) is 2.52. The maximum absolute atomic E-state index is 5.11. The molecular weight excluding hydrogens is 236 g/mol. The van der Waals surface area contributed by atoms with Crippen molar-refractivity contribution in [2.45, 2.75) is 37.5 Å². The van der Waals surface area contributed by atoms with Gasteiger partial charge in [-0.1, -0.05) is 12.5 Å². The lowest BCUT2D eigenvalue weighted by Crippen LogP contribution is -2.57. The molecule has 0 radical (unpaired) electrons. The van der Waals surface area contributed by atoms with Crippen LogP contribution in [0.1, 0.15) is 37.7 Å². The van der Waals surface area contributed by atoms with E-state index in [2.05, 4.69) is 28.6 Å². The molecule has 0 aromatic carbocycles. The van der Waals surface area contributed by atoms with Gasteiger partial charge in [-0.15, -0.1) is 0 Å². The molecule has 1 heterocycles. The molecule has 1 aromatic heterocycles. The fourth-order valence-electron chi connectivity index (χ4n) is 4.02. The summed E-state index contributed by atoms with van der Waals surface area (Å²) < 4.78 is 5.11. The Labute approximate surface area is 115 Å². The molecule has 1 N–H and O–H groups in total. The van der Waals surface area contributed by atoms with Crippen LogP contribution in [0.15, 0.2) is 24.5 Å². The molecule has 3 nitrogen and oxygen atoms in total.